The Kier molecular flexibility index (Phi) is 8.05. The topological polar surface area (TPSA) is 75.7 Å². The van der Waals surface area contributed by atoms with Crippen molar-refractivity contribution in [1.82, 2.24) is 9.88 Å². The van der Waals surface area contributed by atoms with Crippen LogP contribution in [0.25, 0.3) is 10.8 Å². The van der Waals surface area contributed by atoms with Crippen LogP contribution in [0.15, 0.2) is 42.6 Å². The summed E-state index contributed by atoms with van der Waals surface area (Å²) in [5, 5.41) is 7.84. The fraction of sp³-hybridized carbons (Fsp3) is 0.385. The number of nitrogens with zero attached hydrogens (tertiary/aromatic N) is 2. The van der Waals surface area contributed by atoms with Gasteiger partial charge in [0.05, 0.1) is 30.0 Å². The molecule has 1 amide bonds. The molecule has 3 aromatic rings. The lowest BCUT2D eigenvalue weighted by Gasteiger charge is -2.35. The Bertz CT molecular complexity index is 1200. The average Bonchev–Trinajstić information content (AvgIpc) is 2.81. The summed E-state index contributed by atoms with van der Waals surface area (Å²) in [7, 11) is 1.57. The highest BCUT2D eigenvalue weighted by Crippen LogP contribution is 2.34. The van der Waals surface area contributed by atoms with Gasteiger partial charge in [0.1, 0.15) is 17.4 Å². The number of ether oxygens (including phenoxy) is 2. The molecule has 2 heterocycles. The van der Waals surface area contributed by atoms with Gasteiger partial charge in [0.25, 0.3) is 0 Å². The smallest absolute Gasteiger partial charge is 0.224 e. The first-order valence-corrected chi connectivity index (χ1v) is 12.1. The molecule has 2 N–H and O–H groups in total. The molecule has 0 aliphatic carbocycles. The Balaban J connectivity index is 1.47. The van der Waals surface area contributed by atoms with E-state index in [9.17, 15) is 9.18 Å². The maximum Gasteiger partial charge on any atom is 0.224 e. The van der Waals surface area contributed by atoms with E-state index in [0.29, 0.717) is 29.4 Å². The minimum Gasteiger partial charge on any atom is -0.495 e. The van der Waals surface area contributed by atoms with E-state index in [0.717, 1.165) is 36.8 Å². The molecule has 4 rings (SSSR count). The number of anilines is 3. The minimum atomic E-state index is -0.490. The van der Waals surface area contributed by atoms with Gasteiger partial charge in [0.2, 0.25) is 5.91 Å². The van der Waals surface area contributed by atoms with Crippen molar-refractivity contribution < 1.29 is 18.7 Å². The van der Waals surface area contributed by atoms with E-state index >= 15 is 0 Å². The third kappa shape index (κ3) is 6.39. The second-order valence-corrected chi connectivity index (χ2v) is 9.26. The summed E-state index contributed by atoms with van der Waals surface area (Å²) in [5.74, 6) is 0.540. The summed E-state index contributed by atoms with van der Waals surface area (Å²) >= 11 is 5.92. The van der Waals surface area contributed by atoms with Gasteiger partial charge >= 0.3 is 0 Å². The molecule has 35 heavy (non-hydrogen) atoms. The average molecular weight is 501 g/mol. The molecular formula is C26H30ClFN4O3. The van der Waals surface area contributed by atoms with Crippen LogP contribution < -0.4 is 15.4 Å². The molecule has 0 radical (unpaired) electrons. The summed E-state index contributed by atoms with van der Waals surface area (Å²) in [6.07, 6.45) is 3.23. The Morgan fingerprint density at radius 3 is 2.71 bits per heavy atom. The van der Waals surface area contributed by atoms with Crippen LogP contribution in [-0.2, 0) is 9.53 Å². The van der Waals surface area contributed by atoms with Crippen molar-refractivity contribution >= 4 is 45.5 Å². The molecule has 0 spiro atoms. The number of hydrogen-bond donors (Lipinski definition) is 2. The number of carbonyl (C=O) groups is 1. The number of fused-ring (bicyclic) bond motifs is 1. The summed E-state index contributed by atoms with van der Waals surface area (Å²) in [6, 6.07) is 9.92. The number of hydrogen-bond acceptors (Lipinski definition) is 6. The quantitative estimate of drug-likeness (QED) is 0.419. The molecule has 1 fully saturated rings. The highest BCUT2D eigenvalue weighted by Gasteiger charge is 2.22. The number of halogens is 2. The molecule has 9 heteroatoms. The zero-order valence-corrected chi connectivity index (χ0v) is 20.9. The molecule has 186 valence electrons. The number of carbonyl (C=O) groups excluding carboxylic acids is 1. The molecule has 2 atom stereocenters. The molecular weight excluding hydrogens is 471 g/mol. The van der Waals surface area contributed by atoms with Gasteiger partial charge in [0, 0.05) is 36.8 Å². The molecule has 2 aromatic carbocycles. The normalized spacial score (nSPS) is 18.4. The van der Waals surface area contributed by atoms with Crippen molar-refractivity contribution in [3.05, 3.63) is 53.4 Å². The number of methoxy groups -OCH3 is 1. The number of amides is 1. The molecule has 1 aliphatic heterocycles. The first-order chi connectivity index (χ1) is 16.8. The largest absolute Gasteiger partial charge is 0.495 e. The standard InChI is InChI=1S/C26H30ClFN4O3/c1-16-14-32(15-17(2)35-16)10-4-5-25(33)31-23-13-20-18(11-24(23)34-3)8-9-29-26(20)30-19-6-7-22(28)21(27)12-19/h6-9,11-13,16-17H,4-5,10,14-15H2,1-3H3,(H,29,30)(H,31,33). The molecule has 1 saturated heterocycles. The van der Waals surface area contributed by atoms with Gasteiger partial charge in [-0.2, -0.15) is 0 Å². The van der Waals surface area contributed by atoms with Crippen molar-refractivity contribution in [2.24, 2.45) is 0 Å². The number of pyridine rings is 1. The van der Waals surface area contributed by atoms with E-state index in [1.165, 1.54) is 12.1 Å². The Hall–Kier alpha value is -2.94. The molecule has 1 aromatic heterocycles. The van der Waals surface area contributed by atoms with E-state index in [1.54, 1.807) is 19.4 Å². The number of benzene rings is 2. The van der Waals surface area contributed by atoms with Crippen LogP contribution in [0.3, 0.4) is 0 Å². The third-order valence-electron chi connectivity index (χ3n) is 5.91. The minimum absolute atomic E-state index is 0.0193. The van der Waals surface area contributed by atoms with Gasteiger partial charge in [-0.15, -0.1) is 0 Å². The maximum atomic E-state index is 13.5. The fourth-order valence-electron chi connectivity index (χ4n) is 4.42. The third-order valence-corrected chi connectivity index (χ3v) is 6.20. The SMILES string of the molecule is COc1cc2ccnc(Nc3ccc(F)c(Cl)c3)c2cc1NC(=O)CCCN1CC(C)OC(C)C1. The number of aromatic nitrogens is 1. The molecule has 2 unspecified atom stereocenters. The van der Waals surface area contributed by atoms with Crippen molar-refractivity contribution in [2.45, 2.75) is 38.9 Å². The van der Waals surface area contributed by atoms with E-state index < -0.39 is 5.82 Å². The zero-order chi connectivity index (χ0) is 24.9. The highest BCUT2D eigenvalue weighted by molar-refractivity contribution is 6.31. The molecule has 0 saturated carbocycles. The summed E-state index contributed by atoms with van der Waals surface area (Å²) in [4.78, 5) is 19.5. The number of morpholine rings is 1. The van der Waals surface area contributed by atoms with Crippen molar-refractivity contribution in [1.29, 1.82) is 0 Å². The van der Waals surface area contributed by atoms with Gasteiger partial charge in [-0.1, -0.05) is 11.6 Å². The van der Waals surface area contributed by atoms with Crippen LogP contribution in [0.4, 0.5) is 21.6 Å². The van der Waals surface area contributed by atoms with Crippen LogP contribution in [0.2, 0.25) is 5.02 Å². The van der Waals surface area contributed by atoms with Gasteiger partial charge in [-0.25, -0.2) is 9.37 Å². The van der Waals surface area contributed by atoms with Crippen molar-refractivity contribution in [2.75, 3.05) is 37.4 Å². The van der Waals surface area contributed by atoms with Crippen LogP contribution in [-0.4, -0.2) is 54.7 Å². The summed E-state index contributed by atoms with van der Waals surface area (Å²) < 4.78 is 24.8. The zero-order valence-electron chi connectivity index (χ0n) is 20.1. The van der Waals surface area contributed by atoms with Crippen LogP contribution in [0.1, 0.15) is 26.7 Å². The molecule has 7 nitrogen and oxygen atoms in total. The van der Waals surface area contributed by atoms with Crippen LogP contribution in [0.5, 0.6) is 5.75 Å². The van der Waals surface area contributed by atoms with Gasteiger partial charge in [-0.3, -0.25) is 9.69 Å². The monoisotopic (exact) mass is 500 g/mol. The first kappa shape index (κ1) is 25.2. The highest BCUT2D eigenvalue weighted by atomic mass is 35.5. The lowest BCUT2D eigenvalue weighted by molar-refractivity contribution is -0.116. The van der Waals surface area contributed by atoms with Crippen molar-refractivity contribution in [3.8, 4) is 5.75 Å². The van der Waals surface area contributed by atoms with E-state index in [1.807, 2.05) is 18.2 Å². The second kappa shape index (κ2) is 11.2. The first-order valence-electron chi connectivity index (χ1n) is 11.7. The lowest BCUT2D eigenvalue weighted by atomic mass is 10.1. The van der Waals surface area contributed by atoms with E-state index in [-0.39, 0.29) is 23.1 Å². The summed E-state index contributed by atoms with van der Waals surface area (Å²) in [5.41, 5.74) is 1.16. The van der Waals surface area contributed by atoms with Crippen LogP contribution >= 0.6 is 11.6 Å². The molecule has 0 bridgehead atoms. The van der Waals surface area contributed by atoms with Gasteiger partial charge in [-0.05, 0) is 68.6 Å². The maximum absolute atomic E-state index is 13.5. The Morgan fingerprint density at radius 2 is 2.00 bits per heavy atom. The number of nitrogens with one attached hydrogen (secondary N) is 2. The summed E-state index contributed by atoms with van der Waals surface area (Å²) in [6.45, 7) is 6.76. The predicted octanol–water partition coefficient (Wildman–Crippen LogP) is 5.61. The van der Waals surface area contributed by atoms with Crippen molar-refractivity contribution in [3.63, 3.8) is 0 Å². The molecule has 1 aliphatic rings. The predicted molar refractivity (Wildman–Crippen MR) is 137 cm³/mol. The Morgan fingerprint density at radius 1 is 1.23 bits per heavy atom. The lowest BCUT2D eigenvalue weighted by Crippen LogP contribution is -2.45. The van der Waals surface area contributed by atoms with Crippen LogP contribution in [0, 0.1) is 5.82 Å². The van der Waals surface area contributed by atoms with Gasteiger partial charge in [0.15, 0.2) is 0 Å². The second-order valence-electron chi connectivity index (χ2n) is 8.86. The van der Waals surface area contributed by atoms with E-state index in [2.05, 4.69) is 34.4 Å². The van der Waals surface area contributed by atoms with E-state index in [4.69, 9.17) is 21.1 Å². The number of rotatable bonds is 8. The Labute approximate surface area is 209 Å². The van der Waals surface area contributed by atoms with Gasteiger partial charge < -0.3 is 20.1 Å². The fourth-order valence-corrected chi connectivity index (χ4v) is 4.60.